The molecule has 0 aliphatic heterocycles. The molecule has 0 atom stereocenters. The maximum Gasteiger partial charge on any atom is 0.338 e. The Morgan fingerprint density at radius 3 is 1.23 bits per heavy atom. The molecule has 0 saturated carbocycles. The van der Waals surface area contributed by atoms with E-state index in [0.29, 0.717) is 0 Å². The zero-order chi connectivity index (χ0) is 40.4. The average Bonchev–Trinajstić information content (AvgIpc) is 3.14. The van der Waals surface area contributed by atoms with E-state index in [0.717, 1.165) is 24.3 Å². The number of nitrogen functional groups attached to an aromatic ring is 2. The van der Waals surface area contributed by atoms with Crippen molar-refractivity contribution < 1.29 is 54.6 Å². The molecule has 12 N–H and O–H groups in total. The minimum atomic E-state index is -1.44. The standard InChI is InChI=1S/C37H26N8O11/c38-23-5-1-15-9-17(33(48)49)11-27(46)29(15)31(23)44-42-25-7-3-19(13-21(25)35(52)53)40-37(56)41-20-4-8-26(22(14-20)36(54)55)43-45-32-24(39)6-2-16-10-18(34(50)51)12-28(47)30(16)32/h1-14,46-47H,38-39H2,(H,48,49)(H,50,51)(H,52,53)(H,54,55)(H2,40,41,56). The molecule has 19 nitrogen and oxygen atoms in total. The Labute approximate surface area is 312 Å². The summed E-state index contributed by atoms with van der Waals surface area (Å²) in [6, 6.07) is 16.8. The topological polar surface area (TPSA) is 332 Å². The number of fused-ring (bicyclic) bond motifs is 2. The average molecular weight is 759 g/mol. The number of hydrogen-bond donors (Lipinski definition) is 10. The Morgan fingerprint density at radius 1 is 0.482 bits per heavy atom. The molecule has 0 saturated heterocycles. The molecule has 0 spiro atoms. The highest BCUT2D eigenvalue weighted by Gasteiger charge is 2.19. The normalized spacial score (nSPS) is 11.3. The lowest BCUT2D eigenvalue weighted by Gasteiger charge is -2.11. The zero-order valence-electron chi connectivity index (χ0n) is 28.3. The molecule has 6 aromatic carbocycles. The summed E-state index contributed by atoms with van der Waals surface area (Å²) in [5.41, 5.74) is 10.6. The lowest BCUT2D eigenvalue weighted by molar-refractivity contribution is 0.0686. The molecule has 0 unspecified atom stereocenters. The van der Waals surface area contributed by atoms with E-state index < -0.39 is 52.5 Å². The molecule has 6 rings (SSSR count). The van der Waals surface area contributed by atoms with Gasteiger partial charge in [-0.1, -0.05) is 12.1 Å². The van der Waals surface area contributed by atoms with Crippen LogP contribution in [0.1, 0.15) is 41.4 Å². The predicted molar refractivity (Wildman–Crippen MR) is 202 cm³/mol. The molecule has 0 aliphatic carbocycles. The number of phenols is 2. The van der Waals surface area contributed by atoms with Gasteiger partial charge >= 0.3 is 29.9 Å². The van der Waals surface area contributed by atoms with Crippen LogP contribution in [0, 0.1) is 0 Å². The number of hydrogen-bond acceptors (Lipinski definition) is 13. The van der Waals surface area contributed by atoms with E-state index in [4.69, 9.17) is 11.5 Å². The van der Waals surface area contributed by atoms with E-state index in [1.165, 1.54) is 60.7 Å². The smallest absolute Gasteiger partial charge is 0.338 e. The van der Waals surface area contributed by atoms with Crippen LogP contribution in [0.3, 0.4) is 0 Å². The molecule has 2 amide bonds. The molecule has 0 radical (unpaired) electrons. The summed E-state index contributed by atoms with van der Waals surface area (Å²) in [5, 5.41) is 81.2. The summed E-state index contributed by atoms with van der Waals surface area (Å²) >= 11 is 0. The summed E-state index contributed by atoms with van der Waals surface area (Å²) in [4.78, 5) is 60.0. The Bertz CT molecular complexity index is 2560. The number of rotatable bonds is 10. The van der Waals surface area contributed by atoms with Gasteiger partial charge in [0.25, 0.3) is 0 Å². The van der Waals surface area contributed by atoms with E-state index in [-0.39, 0.29) is 78.2 Å². The van der Waals surface area contributed by atoms with Gasteiger partial charge in [-0.2, -0.15) is 0 Å². The number of nitrogens with zero attached hydrogens (tertiary/aromatic N) is 4. The largest absolute Gasteiger partial charge is 0.507 e. The number of azo groups is 2. The van der Waals surface area contributed by atoms with Crippen molar-refractivity contribution in [1.82, 2.24) is 0 Å². The zero-order valence-corrected chi connectivity index (χ0v) is 28.3. The van der Waals surface area contributed by atoms with Crippen LogP contribution >= 0.6 is 0 Å². The highest BCUT2D eigenvalue weighted by atomic mass is 16.4. The SMILES string of the molecule is Nc1ccc2cc(C(=O)O)cc(O)c2c1N=Nc1ccc(NC(=O)Nc2ccc(N=Nc3c(N)ccc4cc(C(=O)O)cc(O)c34)c(C(=O)O)c2)cc1C(=O)O. The summed E-state index contributed by atoms with van der Waals surface area (Å²) < 4.78 is 0. The van der Waals surface area contributed by atoms with Crippen LogP contribution in [0.25, 0.3) is 21.5 Å². The van der Waals surface area contributed by atoms with Crippen LogP contribution in [-0.2, 0) is 0 Å². The lowest BCUT2D eigenvalue weighted by atomic mass is 10.0. The molecule has 280 valence electrons. The molecule has 0 fully saturated rings. The molecular formula is C37H26N8O11. The first-order valence-corrected chi connectivity index (χ1v) is 15.8. The number of urea groups is 1. The number of anilines is 4. The van der Waals surface area contributed by atoms with E-state index in [1.807, 2.05) is 0 Å². The van der Waals surface area contributed by atoms with Crippen molar-refractivity contribution in [1.29, 1.82) is 0 Å². The summed E-state index contributed by atoms with van der Waals surface area (Å²) in [5.74, 6) is -6.30. The Kier molecular flexibility index (Phi) is 9.81. The van der Waals surface area contributed by atoms with E-state index in [2.05, 4.69) is 31.1 Å². The number of aromatic hydroxyl groups is 2. The van der Waals surface area contributed by atoms with Crippen molar-refractivity contribution in [3.63, 3.8) is 0 Å². The number of carboxylic acids is 4. The highest BCUT2D eigenvalue weighted by Crippen LogP contribution is 2.41. The van der Waals surface area contributed by atoms with Gasteiger partial charge in [0.05, 0.1) is 44.4 Å². The van der Waals surface area contributed by atoms with E-state index in [1.54, 1.807) is 0 Å². The van der Waals surface area contributed by atoms with Gasteiger partial charge in [-0.25, -0.2) is 24.0 Å². The fraction of sp³-hybridized carbons (Fsp3) is 0. The van der Waals surface area contributed by atoms with Crippen molar-refractivity contribution >= 4 is 97.0 Å². The van der Waals surface area contributed by atoms with Crippen LogP contribution in [0.2, 0.25) is 0 Å². The van der Waals surface area contributed by atoms with Gasteiger partial charge in [-0.3, -0.25) is 0 Å². The Balaban J connectivity index is 1.22. The van der Waals surface area contributed by atoms with Gasteiger partial charge in [0.2, 0.25) is 0 Å². The summed E-state index contributed by atoms with van der Waals surface area (Å²) in [6.45, 7) is 0. The van der Waals surface area contributed by atoms with Gasteiger partial charge in [-0.05, 0) is 83.6 Å². The molecular weight excluding hydrogens is 732 g/mol. The van der Waals surface area contributed by atoms with Crippen molar-refractivity contribution in [3.8, 4) is 11.5 Å². The van der Waals surface area contributed by atoms with Crippen LogP contribution < -0.4 is 22.1 Å². The first-order valence-electron chi connectivity index (χ1n) is 15.8. The maximum atomic E-state index is 12.9. The Morgan fingerprint density at radius 2 is 0.875 bits per heavy atom. The van der Waals surface area contributed by atoms with Gasteiger partial charge in [0.15, 0.2) is 0 Å². The highest BCUT2D eigenvalue weighted by molar-refractivity contribution is 6.07. The fourth-order valence-corrected chi connectivity index (χ4v) is 5.59. The quantitative estimate of drug-likeness (QED) is 0.0470. The van der Waals surface area contributed by atoms with Gasteiger partial charge < -0.3 is 52.7 Å². The van der Waals surface area contributed by atoms with E-state index in [9.17, 15) is 54.6 Å². The second-order valence-electron chi connectivity index (χ2n) is 11.9. The number of aromatic carboxylic acids is 4. The number of carbonyl (C=O) groups excluding carboxylic acids is 1. The number of nitrogens with one attached hydrogen (secondary N) is 2. The van der Waals surface area contributed by atoms with Crippen molar-refractivity contribution in [2.45, 2.75) is 0 Å². The van der Waals surface area contributed by atoms with Gasteiger partial charge in [0, 0.05) is 11.4 Å². The number of carbonyl (C=O) groups is 5. The third-order valence-corrected chi connectivity index (χ3v) is 8.18. The molecule has 0 aliphatic rings. The van der Waals surface area contributed by atoms with Crippen molar-refractivity contribution in [3.05, 3.63) is 107 Å². The van der Waals surface area contributed by atoms with Crippen LogP contribution in [0.4, 0.5) is 50.3 Å². The van der Waals surface area contributed by atoms with Crippen LogP contribution in [0.15, 0.2) is 105 Å². The van der Waals surface area contributed by atoms with Gasteiger partial charge in [0.1, 0.15) is 34.2 Å². The number of benzene rings is 6. The van der Waals surface area contributed by atoms with Gasteiger partial charge in [-0.15, -0.1) is 20.5 Å². The fourth-order valence-electron chi connectivity index (χ4n) is 5.59. The predicted octanol–water partition coefficient (Wildman–Crippen LogP) is 7.84. The van der Waals surface area contributed by atoms with Crippen molar-refractivity contribution in [2.75, 3.05) is 22.1 Å². The minimum Gasteiger partial charge on any atom is -0.507 e. The monoisotopic (exact) mass is 758 g/mol. The Hall–Kier alpha value is -8.61. The third kappa shape index (κ3) is 7.47. The van der Waals surface area contributed by atoms with Crippen molar-refractivity contribution in [2.24, 2.45) is 20.5 Å². The first kappa shape index (κ1) is 37.2. The number of phenolic OH excluding ortho intramolecular Hbond substituents is 2. The lowest BCUT2D eigenvalue weighted by Crippen LogP contribution is -2.20. The summed E-state index contributed by atoms with van der Waals surface area (Å²) in [6.07, 6.45) is 0. The van der Waals surface area contributed by atoms with E-state index >= 15 is 0 Å². The molecule has 0 heterocycles. The molecule has 6 aromatic rings. The first-order chi connectivity index (χ1) is 26.6. The third-order valence-electron chi connectivity index (χ3n) is 8.18. The second kappa shape index (κ2) is 14.8. The summed E-state index contributed by atoms with van der Waals surface area (Å²) in [7, 11) is 0. The number of amides is 2. The minimum absolute atomic E-state index is 0.00217. The van der Waals surface area contributed by atoms with Crippen LogP contribution in [0.5, 0.6) is 11.5 Å². The molecule has 0 bridgehead atoms. The number of carboxylic acid groups (broad SMARTS) is 4. The maximum absolute atomic E-state index is 12.9. The second-order valence-corrected chi connectivity index (χ2v) is 11.9. The molecule has 56 heavy (non-hydrogen) atoms. The van der Waals surface area contributed by atoms with Crippen LogP contribution in [-0.4, -0.2) is 60.5 Å². The molecule has 0 aromatic heterocycles. The number of nitrogens with two attached hydrogens (primary N) is 2. The molecule has 19 heteroatoms.